The van der Waals surface area contributed by atoms with E-state index in [1.807, 2.05) is 51.1 Å². The lowest BCUT2D eigenvalue weighted by atomic mass is 9.72. The second-order valence-electron chi connectivity index (χ2n) is 13.2. The molecule has 1 aliphatic heterocycles. The summed E-state index contributed by atoms with van der Waals surface area (Å²) in [5, 5.41) is 20.2. The highest BCUT2D eigenvalue weighted by Gasteiger charge is 2.41. The van der Waals surface area contributed by atoms with E-state index in [2.05, 4.69) is 20.9 Å². The number of ether oxygens (including phenoxy) is 1. The first-order valence-electron chi connectivity index (χ1n) is 15.7. The first-order valence-corrected chi connectivity index (χ1v) is 15.7. The highest BCUT2D eigenvalue weighted by molar-refractivity contribution is 5.85. The lowest BCUT2D eigenvalue weighted by Crippen LogP contribution is -2.60. The maximum atomic E-state index is 13.5. The van der Waals surface area contributed by atoms with E-state index in [0.717, 1.165) is 31.4 Å². The molecule has 0 aromatic heterocycles. The van der Waals surface area contributed by atoms with E-state index in [1.165, 1.54) is 37.1 Å². The number of amides is 3. The molecule has 4 rings (SSSR count). The van der Waals surface area contributed by atoms with Crippen molar-refractivity contribution in [1.82, 2.24) is 20.9 Å². The van der Waals surface area contributed by atoms with Crippen molar-refractivity contribution in [2.75, 3.05) is 26.2 Å². The van der Waals surface area contributed by atoms with Crippen molar-refractivity contribution < 1.29 is 28.6 Å². The fraction of sp³-hybridized carbons (Fsp3) is 0.559. The Balaban J connectivity index is 1.39. The van der Waals surface area contributed by atoms with Crippen LogP contribution in [0.4, 0.5) is 4.39 Å². The number of nitrogens with one attached hydrogen (secondary N) is 3. The summed E-state index contributed by atoms with van der Waals surface area (Å²) in [5.41, 5.74) is 0.574. The van der Waals surface area contributed by atoms with Crippen LogP contribution >= 0.6 is 0 Å². The molecule has 9 nitrogen and oxygen atoms in total. The van der Waals surface area contributed by atoms with Gasteiger partial charge < -0.3 is 25.8 Å². The van der Waals surface area contributed by atoms with E-state index >= 15 is 0 Å². The van der Waals surface area contributed by atoms with Gasteiger partial charge in [0.1, 0.15) is 11.6 Å². The predicted molar refractivity (Wildman–Crippen MR) is 166 cm³/mol. The number of fused-ring (bicyclic) bond motifs is 1. The number of halogens is 1. The Morgan fingerprint density at radius 3 is 2.36 bits per heavy atom. The zero-order valence-electron chi connectivity index (χ0n) is 26.1. The minimum atomic E-state index is -0.957. The van der Waals surface area contributed by atoms with Crippen LogP contribution in [0.5, 0.6) is 5.75 Å². The summed E-state index contributed by atoms with van der Waals surface area (Å²) in [5.74, 6) is -0.0621. The Hall–Kier alpha value is -3.50. The highest BCUT2D eigenvalue weighted by Crippen LogP contribution is 2.39. The molecule has 1 saturated carbocycles. The van der Waals surface area contributed by atoms with Crippen molar-refractivity contribution in [1.29, 1.82) is 0 Å². The van der Waals surface area contributed by atoms with Crippen LogP contribution in [0.25, 0.3) is 0 Å². The van der Waals surface area contributed by atoms with E-state index in [-0.39, 0.29) is 37.2 Å². The summed E-state index contributed by atoms with van der Waals surface area (Å²) in [6, 6.07) is 13.9. The molecule has 2 fully saturated rings. The molecule has 3 amide bonds. The van der Waals surface area contributed by atoms with Crippen LogP contribution in [-0.2, 0) is 20.8 Å². The molecule has 0 spiro atoms. The average Bonchev–Trinajstić information content (AvgIpc) is 2.98. The van der Waals surface area contributed by atoms with Gasteiger partial charge in [-0.25, -0.2) is 4.39 Å². The second-order valence-corrected chi connectivity index (χ2v) is 13.2. The molecule has 10 heteroatoms. The molecule has 4 N–H and O–H groups in total. The van der Waals surface area contributed by atoms with Crippen LogP contribution in [0.3, 0.4) is 0 Å². The summed E-state index contributed by atoms with van der Waals surface area (Å²) in [6.07, 6.45) is 4.82. The van der Waals surface area contributed by atoms with Gasteiger partial charge in [-0.2, -0.15) is 0 Å². The summed E-state index contributed by atoms with van der Waals surface area (Å²) in [7, 11) is 0. The van der Waals surface area contributed by atoms with Crippen molar-refractivity contribution in [3.63, 3.8) is 0 Å². The van der Waals surface area contributed by atoms with Crippen LogP contribution in [-0.4, -0.2) is 77.7 Å². The number of carbonyl (C=O) groups is 3. The molecule has 0 bridgehead atoms. The number of carbonyl (C=O) groups excluding carboxylic acids is 3. The maximum Gasteiger partial charge on any atom is 0.258 e. The minimum Gasteiger partial charge on any atom is -0.484 e. The van der Waals surface area contributed by atoms with Gasteiger partial charge >= 0.3 is 0 Å². The number of hydrogen-bond acceptors (Lipinski definition) is 6. The molecule has 1 heterocycles. The number of aliphatic hydroxyl groups is 1. The first kappa shape index (κ1) is 33.4. The molecule has 2 aromatic rings. The first-order chi connectivity index (χ1) is 21.0. The highest BCUT2D eigenvalue weighted by atomic mass is 19.1. The number of nitrogens with zero attached hydrogens (tertiary/aromatic N) is 1. The maximum absolute atomic E-state index is 13.5. The van der Waals surface area contributed by atoms with E-state index in [9.17, 15) is 23.9 Å². The molecule has 5 atom stereocenters. The van der Waals surface area contributed by atoms with Gasteiger partial charge in [-0.15, -0.1) is 0 Å². The van der Waals surface area contributed by atoms with Gasteiger partial charge in [0.2, 0.25) is 11.8 Å². The molecule has 5 unspecified atom stereocenters. The van der Waals surface area contributed by atoms with E-state index < -0.39 is 29.8 Å². The number of aliphatic hydroxyl groups excluding tert-OH is 1. The Morgan fingerprint density at radius 1 is 1.00 bits per heavy atom. The SMILES string of the molecule is CC(C)(C)NC(=O)C1CC2CCCCC2CN1CC(O)C(Cc1ccccc1)NC(=O)CNC(=O)COc1ccc(F)cc1. The summed E-state index contributed by atoms with van der Waals surface area (Å²) in [6.45, 7) is 6.25. The number of hydrogen-bond donors (Lipinski definition) is 4. The molecule has 1 aliphatic carbocycles. The van der Waals surface area contributed by atoms with Gasteiger partial charge in [-0.05, 0) is 81.7 Å². The standard InChI is InChI=1S/C34H47FN4O5/c1-34(2,3)38-33(43)29-18-24-11-7-8-12-25(24)20-39(29)21-30(40)28(17-23-9-5-4-6-10-23)37-31(41)19-36-32(42)22-44-27-15-13-26(35)14-16-27/h4-6,9-10,13-16,24-25,28-30,40H,7-8,11-12,17-22H2,1-3H3,(H,36,42)(H,37,41)(H,38,43). The Morgan fingerprint density at radius 2 is 1.68 bits per heavy atom. The number of rotatable bonds is 12. The van der Waals surface area contributed by atoms with Crippen LogP contribution in [0.15, 0.2) is 54.6 Å². The molecule has 240 valence electrons. The fourth-order valence-electron chi connectivity index (χ4n) is 6.31. The average molecular weight is 611 g/mol. The Bertz CT molecular complexity index is 1240. The van der Waals surface area contributed by atoms with Gasteiger partial charge in [0.25, 0.3) is 5.91 Å². The molecule has 0 radical (unpaired) electrons. The van der Waals surface area contributed by atoms with Gasteiger partial charge in [0.05, 0.1) is 24.7 Å². The predicted octanol–water partition coefficient (Wildman–Crippen LogP) is 3.20. The van der Waals surface area contributed by atoms with Crippen molar-refractivity contribution in [2.45, 2.75) is 83.0 Å². The lowest BCUT2D eigenvalue weighted by Gasteiger charge is -2.47. The van der Waals surface area contributed by atoms with E-state index in [0.29, 0.717) is 24.0 Å². The van der Waals surface area contributed by atoms with Gasteiger partial charge in [-0.1, -0.05) is 49.6 Å². The van der Waals surface area contributed by atoms with Crippen LogP contribution in [0.2, 0.25) is 0 Å². The van der Waals surface area contributed by atoms with Gasteiger partial charge in [0, 0.05) is 18.6 Å². The molecule has 44 heavy (non-hydrogen) atoms. The Kier molecular flexibility index (Phi) is 11.7. The summed E-state index contributed by atoms with van der Waals surface area (Å²) in [4.78, 5) is 40.8. The zero-order valence-corrected chi connectivity index (χ0v) is 26.1. The smallest absolute Gasteiger partial charge is 0.258 e. The third kappa shape index (κ3) is 10.3. The van der Waals surface area contributed by atoms with Crippen LogP contribution < -0.4 is 20.7 Å². The second kappa shape index (κ2) is 15.5. The molecular formula is C34H47FN4O5. The minimum absolute atomic E-state index is 0.0251. The van der Waals surface area contributed by atoms with E-state index in [4.69, 9.17) is 4.74 Å². The number of likely N-dealkylation sites (tertiary alicyclic amines) is 1. The fourth-order valence-corrected chi connectivity index (χ4v) is 6.31. The number of β-amino-alcohol motifs (C(OH)–C–C–N with tert-alkyl or cyclic N) is 1. The van der Waals surface area contributed by atoms with Crippen molar-refractivity contribution in [2.24, 2.45) is 11.8 Å². The summed E-state index contributed by atoms with van der Waals surface area (Å²) < 4.78 is 18.4. The van der Waals surface area contributed by atoms with Crippen LogP contribution in [0.1, 0.15) is 58.4 Å². The topological polar surface area (TPSA) is 120 Å². The zero-order chi connectivity index (χ0) is 31.7. The molecular weight excluding hydrogens is 563 g/mol. The van der Waals surface area contributed by atoms with Crippen molar-refractivity contribution >= 4 is 17.7 Å². The van der Waals surface area contributed by atoms with Crippen LogP contribution in [0, 0.1) is 17.7 Å². The van der Waals surface area contributed by atoms with Crippen molar-refractivity contribution in [3.8, 4) is 5.75 Å². The number of piperidine rings is 1. The molecule has 1 saturated heterocycles. The monoisotopic (exact) mass is 610 g/mol. The third-order valence-electron chi connectivity index (χ3n) is 8.46. The molecule has 2 aliphatic rings. The molecule has 2 aromatic carbocycles. The normalized spacial score (nSPS) is 21.8. The van der Waals surface area contributed by atoms with E-state index in [1.54, 1.807) is 0 Å². The Labute approximate surface area is 259 Å². The third-order valence-corrected chi connectivity index (χ3v) is 8.46. The largest absolute Gasteiger partial charge is 0.484 e. The lowest BCUT2D eigenvalue weighted by molar-refractivity contribution is -0.133. The van der Waals surface area contributed by atoms with Gasteiger partial charge in [-0.3, -0.25) is 19.3 Å². The summed E-state index contributed by atoms with van der Waals surface area (Å²) >= 11 is 0. The van der Waals surface area contributed by atoms with Gasteiger partial charge in [0.15, 0.2) is 6.61 Å². The quantitative estimate of drug-likeness (QED) is 0.293. The van der Waals surface area contributed by atoms with Crippen molar-refractivity contribution in [3.05, 3.63) is 66.0 Å². The number of benzene rings is 2.